The highest BCUT2D eigenvalue weighted by molar-refractivity contribution is 5.76. The molecule has 0 aromatic heterocycles. The molecule has 3 N–H and O–H groups in total. The first kappa shape index (κ1) is 19.5. The molecule has 1 aliphatic rings. The average Bonchev–Trinajstić information content (AvgIpc) is 2.62. The molecule has 0 bridgehead atoms. The van der Waals surface area contributed by atoms with Crippen molar-refractivity contribution in [3.05, 3.63) is 23.3 Å². The molecule has 2 rings (SSSR count). The van der Waals surface area contributed by atoms with Crippen molar-refractivity contribution < 1.29 is 14.3 Å². The van der Waals surface area contributed by atoms with E-state index in [0.29, 0.717) is 25.6 Å². The summed E-state index contributed by atoms with van der Waals surface area (Å²) in [7, 11) is 3.31. The van der Waals surface area contributed by atoms with Gasteiger partial charge in [-0.1, -0.05) is 6.42 Å². The monoisotopic (exact) mass is 349 g/mol. The second kappa shape index (κ2) is 9.63. The van der Waals surface area contributed by atoms with Crippen LogP contribution >= 0.6 is 0 Å². The number of piperidine rings is 1. The van der Waals surface area contributed by atoms with Crippen molar-refractivity contribution in [2.45, 2.75) is 45.2 Å². The predicted molar refractivity (Wildman–Crippen MR) is 99.0 cm³/mol. The maximum Gasteiger partial charge on any atom is 0.221 e. The maximum absolute atomic E-state index is 11.7. The lowest BCUT2D eigenvalue weighted by Crippen LogP contribution is -2.46. The van der Waals surface area contributed by atoms with E-state index in [1.807, 2.05) is 6.07 Å². The zero-order valence-electron chi connectivity index (χ0n) is 15.6. The molecule has 0 aliphatic carbocycles. The third kappa shape index (κ3) is 5.34. The molecular formula is C19H31N3O3. The number of rotatable bonds is 8. The fraction of sp³-hybridized carbons (Fsp3) is 0.632. The molecule has 1 amide bonds. The van der Waals surface area contributed by atoms with Gasteiger partial charge in [-0.05, 0) is 49.6 Å². The Labute approximate surface area is 150 Å². The van der Waals surface area contributed by atoms with Crippen molar-refractivity contribution in [2.75, 3.05) is 33.9 Å². The van der Waals surface area contributed by atoms with Crippen LogP contribution in [0.4, 0.5) is 0 Å². The number of nitrogens with one attached hydrogen (secondary N) is 1. The quantitative estimate of drug-likeness (QED) is 0.749. The Morgan fingerprint density at radius 2 is 2.00 bits per heavy atom. The third-order valence-corrected chi connectivity index (χ3v) is 4.87. The lowest BCUT2D eigenvalue weighted by molar-refractivity contribution is -0.121. The Bertz CT molecular complexity index is 577. The van der Waals surface area contributed by atoms with Gasteiger partial charge in [0, 0.05) is 32.1 Å². The van der Waals surface area contributed by atoms with Gasteiger partial charge in [-0.2, -0.15) is 0 Å². The SMILES string of the molecule is COc1cc(C)c(CN2CCCCC2CNC(=O)CCN)cc1OC. The van der Waals surface area contributed by atoms with E-state index >= 15 is 0 Å². The number of nitrogens with two attached hydrogens (primary N) is 1. The summed E-state index contributed by atoms with van der Waals surface area (Å²) in [5.41, 5.74) is 7.87. The van der Waals surface area contributed by atoms with Crippen molar-refractivity contribution >= 4 is 5.91 Å². The van der Waals surface area contributed by atoms with Crippen LogP contribution in [-0.2, 0) is 11.3 Å². The third-order valence-electron chi connectivity index (χ3n) is 4.87. The van der Waals surface area contributed by atoms with Crippen LogP contribution in [-0.4, -0.2) is 50.7 Å². The first-order chi connectivity index (χ1) is 12.1. The van der Waals surface area contributed by atoms with Gasteiger partial charge in [0.2, 0.25) is 5.91 Å². The first-order valence-corrected chi connectivity index (χ1v) is 9.01. The van der Waals surface area contributed by atoms with E-state index < -0.39 is 0 Å². The van der Waals surface area contributed by atoms with Gasteiger partial charge < -0.3 is 20.5 Å². The van der Waals surface area contributed by atoms with Crippen molar-refractivity contribution in [2.24, 2.45) is 5.73 Å². The number of ether oxygens (including phenoxy) is 2. The summed E-state index contributed by atoms with van der Waals surface area (Å²) in [6.45, 7) is 5.07. The fourth-order valence-corrected chi connectivity index (χ4v) is 3.36. The van der Waals surface area contributed by atoms with Crippen LogP contribution in [0.1, 0.15) is 36.8 Å². The van der Waals surface area contributed by atoms with E-state index in [1.165, 1.54) is 24.0 Å². The van der Waals surface area contributed by atoms with E-state index in [4.69, 9.17) is 15.2 Å². The molecule has 1 atom stereocenters. The number of likely N-dealkylation sites (tertiary alicyclic amines) is 1. The minimum atomic E-state index is 0.0373. The number of carbonyl (C=O) groups excluding carboxylic acids is 1. The minimum Gasteiger partial charge on any atom is -0.493 e. The van der Waals surface area contributed by atoms with Gasteiger partial charge in [-0.15, -0.1) is 0 Å². The van der Waals surface area contributed by atoms with Gasteiger partial charge in [0.1, 0.15) is 0 Å². The highest BCUT2D eigenvalue weighted by Crippen LogP contribution is 2.31. The van der Waals surface area contributed by atoms with E-state index in [1.54, 1.807) is 14.2 Å². The highest BCUT2D eigenvalue weighted by atomic mass is 16.5. The van der Waals surface area contributed by atoms with Gasteiger partial charge in [0.25, 0.3) is 0 Å². The van der Waals surface area contributed by atoms with E-state index in [-0.39, 0.29) is 5.91 Å². The number of hydrogen-bond donors (Lipinski definition) is 2. The normalized spacial score (nSPS) is 18.0. The lowest BCUT2D eigenvalue weighted by Gasteiger charge is -2.36. The number of hydrogen-bond acceptors (Lipinski definition) is 5. The zero-order valence-corrected chi connectivity index (χ0v) is 15.6. The number of aryl methyl sites for hydroxylation is 1. The summed E-state index contributed by atoms with van der Waals surface area (Å²) in [5, 5.41) is 3.02. The van der Waals surface area contributed by atoms with Crippen LogP contribution in [0.5, 0.6) is 11.5 Å². The summed E-state index contributed by atoms with van der Waals surface area (Å²) >= 11 is 0. The van der Waals surface area contributed by atoms with Crippen LogP contribution in [0, 0.1) is 6.92 Å². The summed E-state index contributed by atoms with van der Waals surface area (Å²) in [4.78, 5) is 14.2. The van der Waals surface area contributed by atoms with Gasteiger partial charge in [0.05, 0.1) is 14.2 Å². The standard InChI is InChI=1S/C19H31N3O3/c1-14-10-17(24-2)18(25-3)11-15(14)13-22-9-5-4-6-16(22)12-21-19(23)7-8-20/h10-11,16H,4-9,12-13,20H2,1-3H3,(H,21,23). The van der Waals surface area contributed by atoms with Crippen molar-refractivity contribution in [3.8, 4) is 11.5 Å². The Morgan fingerprint density at radius 3 is 2.68 bits per heavy atom. The van der Waals surface area contributed by atoms with Crippen LogP contribution in [0.2, 0.25) is 0 Å². The van der Waals surface area contributed by atoms with Crippen LogP contribution < -0.4 is 20.5 Å². The van der Waals surface area contributed by atoms with E-state index in [0.717, 1.165) is 31.0 Å². The summed E-state index contributed by atoms with van der Waals surface area (Å²) in [6.07, 6.45) is 3.90. The summed E-state index contributed by atoms with van der Waals surface area (Å²) in [6, 6.07) is 4.45. The number of methoxy groups -OCH3 is 2. The second-order valence-electron chi connectivity index (χ2n) is 6.60. The van der Waals surface area contributed by atoms with Crippen molar-refractivity contribution in [1.29, 1.82) is 0 Å². The van der Waals surface area contributed by atoms with E-state index in [2.05, 4.69) is 23.2 Å². The molecule has 1 unspecified atom stereocenters. The minimum absolute atomic E-state index is 0.0373. The Kier molecular flexibility index (Phi) is 7.52. The molecule has 1 aliphatic heterocycles. The molecule has 1 fully saturated rings. The average molecular weight is 349 g/mol. The molecule has 140 valence electrons. The number of amides is 1. The molecule has 6 heteroatoms. The maximum atomic E-state index is 11.7. The fourth-order valence-electron chi connectivity index (χ4n) is 3.36. The van der Waals surface area contributed by atoms with Gasteiger partial charge in [-0.25, -0.2) is 0 Å². The summed E-state index contributed by atoms with van der Waals surface area (Å²) in [5.74, 6) is 1.55. The Balaban J connectivity index is 2.06. The van der Waals surface area contributed by atoms with Gasteiger partial charge in [0.15, 0.2) is 11.5 Å². The Morgan fingerprint density at radius 1 is 1.28 bits per heavy atom. The molecule has 0 radical (unpaired) electrons. The van der Waals surface area contributed by atoms with Gasteiger partial charge in [-0.3, -0.25) is 9.69 Å². The molecule has 0 spiro atoms. The first-order valence-electron chi connectivity index (χ1n) is 9.01. The predicted octanol–water partition coefficient (Wildman–Crippen LogP) is 1.83. The summed E-state index contributed by atoms with van der Waals surface area (Å²) < 4.78 is 10.8. The van der Waals surface area contributed by atoms with Gasteiger partial charge >= 0.3 is 0 Å². The molecular weight excluding hydrogens is 318 g/mol. The number of nitrogens with zero attached hydrogens (tertiary/aromatic N) is 1. The number of carbonyl (C=O) groups is 1. The van der Waals surface area contributed by atoms with Crippen molar-refractivity contribution in [3.63, 3.8) is 0 Å². The second-order valence-corrected chi connectivity index (χ2v) is 6.60. The lowest BCUT2D eigenvalue weighted by atomic mass is 9.99. The van der Waals surface area contributed by atoms with E-state index in [9.17, 15) is 4.79 Å². The molecule has 1 aromatic carbocycles. The van der Waals surface area contributed by atoms with Crippen LogP contribution in [0.3, 0.4) is 0 Å². The number of benzene rings is 1. The van der Waals surface area contributed by atoms with Crippen LogP contribution in [0.15, 0.2) is 12.1 Å². The van der Waals surface area contributed by atoms with Crippen LogP contribution in [0.25, 0.3) is 0 Å². The molecule has 1 heterocycles. The zero-order chi connectivity index (χ0) is 18.2. The molecule has 6 nitrogen and oxygen atoms in total. The molecule has 1 saturated heterocycles. The topological polar surface area (TPSA) is 76.8 Å². The molecule has 0 saturated carbocycles. The Hall–Kier alpha value is -1.79. The largest absolute Gasteiger partial charge is 0.493 e. The molecule has 25 heavy (non-hydrogen) atoms. The highest BCUT2D eigenvalue weighted by Gasteiger charge is 2.24. The smallest absolute Gasteiger partial charge is 0.221 e. The van der Waals surface area contributed by atoms with Crippen molar-refractivity contribution in [1.82, 2.24) is 10.2 Å². The molecule has 1 aromatic rings.